The molecular formula is C16H16F3N3O. The molecule has 23 heavy (non-hydrogen) atoms. The summed E-state index contributed by atoms with van der Waals surface area (Å²) in [7, 11) is 0. The van der Waals surface area contributed by atoms with E-state index in [-0.39, 0.29) is 12.2 Å². The highest BCUT2D eigenvalue weighted by atomic mass is 19.4. The quantitative estimate of drug-likeness (QED) is 0.924. The summed E-state index contributed by atoms with van der Waals surface area (Å²) in [6, 6.07) is 7.88. The fraction of sp³-hybridized carbons (Fsp3) is 0.375. The summed E-state index contributed by atoms with van der Waals surface area (Å²) in [5.74, 6) is -1.22. The van der Waals surface area contributed by atoms with Gasteiger partial charge in [0.15, 0.2) is 0 Å². The topological polar surface area (TPSA) is 49.0 Å². The van der Waals surface area contributed by atoms with Gasteiger partial charge in [0.2, 0.25) is 5.82 Å². The molecule has 7 heteroatoms. The number of aryl methyl sites for hydroxylation is 1. The number of nitrogens with one attached hydrogen (secondary N) is 1. The van der Waals surface area contributed by atoms with E-state index in [1.807, 2.05) is 41.1 Å². The Morgan fingerprint density at radius 2 is 2.04 bits per heavy atom. The molecule has 0 amide bonds. The fourth-order valence-corrected chi connectivity index (χ4v) is 2.79. The van der Waals surface area contributed by atoms with Crippen LogP contribution in [0.3, 0.4) is 0 Å². The van der Waals surface area contributed by atoms with Crippen LogP contribution in [-0.4, -0.2) is 21.4 Å². The summed E-state index contributed by atoms with van der Waals surface area (Å²) >= 11 is 0. The van der Waals surface area contributed by atoms with Crippen LogP contribution in [0.4, 0.5) is 13.2 Å². The highest BCUT2D eigenvalue weighted by Gasteiger charge is 2.35. The van der Waals surface area contributed by atoms with E-state index in [0.29, 0.717) is 25.1 Å². The average molecular weight is 323 g/mol. The zero-order valence-corrected chi connectivity index (χ0v) is 12.6. The largest absolute Gasteiger partial charge is 0.449 e. The van der Waals surface area contributed by atoms with E-state index in [1.165, 1.54) is 0 Å². The Morgan fingerprint density at radius 3 is 2.74 bits per heavy atom. The smallest absolute Gasteiger partial charge is 0.303 e. The average Bonchev–Trinajstić information content (AvgIpc) is 2.48. The molecule has 0 aliphatic carbocycles. The van der Waals surface area contributed by atoms with Gasteiger partial charge in [0.05, 0.1) is 5.69 Å². The molecule has 0 fully saturated rings. The molecule has 1 aliphatic rings. The highest BCUT2D eigenvalue weighted by Crippen LogP contribution is 2.27. The van der Waals surface area contributed by atoms with Crippen molar-refractivity contribution in [3.63, 3.8) is 0 Å². The summed E-state index contributed by atoms with van der Waals surface area (Å²) < 4.78 is 38.4. The van der Waals surface area contributed by atoms with Crippen molar-refractivity contribution >= 4 is 0 Å². The van der Waals surface area contributed by atoms with E-state index in [2.05, 4.69) is 4.98 Å². The zero-order valence-electron chi connectivity index (χ0n) is 12.6. The highest BCUT2D eigenvalue weighted by molar-refractivity contribution is 5.27. The maximum absolute atomic E-state index is 12.8. The predicted octanol–water partition coefficient (Wildman–Crippen LogP) is 2.66. The molecule has 1 aromatic carbocycles. The number of rotatable bonds is 2. The summed E-state index contributed by atoms with van der Waals surface area (Å²) in [5, 5.41) is 0. The van der Waals surface area contributed by atoms with Gasteiger partial charge in [0.1, 0.15) is 0 Å². The molecule has 0 saturated carbocycles. The second-order valence-corrected chi connectivity index (χ2v) is 5.72. The van der Waals surface area contributed by atoms with Gasteiger partial charge in [-0.15, -0.1) is 0 Å². The number of fused-ring (bicyclic) bond motifs is 1. The lowest BCUT2D eigenvalue weighted by Gasteiger charge is -2.28. The Hall–Kier alpha value is -2.15. The SMILES string of the molecule is Cc1ccccc1CN1CCc2c(nc(C(F)(F)F)[nH]c2=O)C1. The second kappa shape index (κ2) is 5.81. The van der Waals surface area contributed by atoms with E-state index in [4.69, 9.17) is 0 Å². The van der Waals surface area contributed by atoms with Gasteiger partial charge in [0, 0.05) is 25.2 Å². The monoisotopic (exact) mass is 323 g/mol. The van der Waals surface area contributed by atoms with Crippen LogP contribution in [0.2, 0.25) is 0 Å². The van der Waals surface area contributed by atoms with E-state index >= 15 is 0 Å². The van der Waals surface area contributed by atoms with Gasteiger partial charge in [-0.2, -0.15) is 13.2 Å². The van der Waals surface area contributed by atoms with Gasteiger partial charge in [-0.05, 0) is 24.5 Å². The number of halogens is 3. The lowest BCUT2D eigenvalue weighted by molar-refractivity contribution is -0.145. The molecule has 1 aliphatic heterocycles. The fourth-order valence-electron chi connectivity index (χ4n) is 2.79. The molecule has 3 rings (SSSR count). The van der Waals surface area contributed by atoms with Crippen LogP contribution in [0.1, 0.15) is 28.2 Å². The Balaban J connectivity index is 1.87. The summed E-state index contributed by atoms with van der Waals surface area (Å²) in [5.41, 5.74) is 2.16. The first-order valence-electron chi connectivity index (χ1n) is 7.30. The molecule has 2 heterocycles. The van der Waals surface area contributed by atoms with Crippen LogP contribution in [0, 0.1) is 6.92 Å². The summed E-state index contributed by atoms with van der Waals surface area (Å²) in [6.07, 6.45) is -4.24. The Morgan fingerprint density at radius 1 is 1.30 bits per heavy atom. The van der Waals surface area contributed by atoms with Crippen LogP contribution < -0.4 is 5.56 Å². The Kier molecular flexibility index (Phi) is 3.97. The van der Waals surface area contributed by atoms with Crippen molar-refractivity contribution < 1.29 is 13.2 Å². The molecule has 0 unspecified atom stereocenters. The van der Waals surface area contributed by atoms with E-state index in [0.717, 1.165) is 11.1 Å². The number of H-pyrrole nitrogens is 1. The zero-order chi connectivity index (χ0) is 16.6. The molecular weight excluding hydrogens is 307 g/mol. The predicted molar refractivity (Wildman–Crippen MR) is 78.9 cm³/mol. The van der Waals surface area contributed by atoms with Crippen LogP contribution in [0.15, 0.2) is 29.1 Å². The number of benzene rings is 1. The second-order valence-electron chi connectivity index (χ2n) is 5.72. The molecule has 2 aromatic rings. The van der Waals surface area contributed by atoms with Gasteiger partial charge in [-0.1, -0.05) is 24.3 Å². The molecule has 0 atom stereocenters. The van der Waals surface area contributed by atoms with E-state index in [9.17, 15) is 18.0 Å². The lowest BCUT2D eigenvalue weighted by Crippen LogP contribution is -2.36. The normalized spacial score (nSPS) is 15.5. The van der Waals surface area contributed by atoms with Crippen LogP contribution in [0.25, 0.3) is 0 Å². The van der Waals surface area contributed by atoms with E-state index < -0.39 is 17.6 Å². The molecule has 0 saturated heterocycles. The third-order valence-electron chi connectivity index (χ3n) is 4.08. The van der Waals surface area contributed by atoms with Gasteiger partial charge in [-0.3, -0.25) is 9.69 Å². The molecule has 0 radical (unpaired) electrons. The Labute approximate surface area is 131 Å². The lowest BCUT2D eigenvalue weighted by atomic mass is 10.0. The summed E-state index contributed by atoms with van der Waals surface area (Å²) in [4.78, 5) is 19.3. The number of aromatic amines is 1. The van der Waals surface area contributed by atoms with Gasteiger partial charge < -0.3 is 4.98 Å². The van der Waals surface area contributed by atoms with Crippen molar-refractivity contribution in [1.82, 2.24) is 14.9 Å². The van der Waals surface area contributed by atoms with Gasteiger partial charge in [0.25, 0.3) is 5.56 Å². The van der Waals surface area contributed by atoms with Crippen molar-refractivity contribution in [2.24, 2.45) is 0 Å². The van der Waals surface area contributed by atoms with Crippen molar-refractivity contribution in [3.05, 3.63) is 62.8 Å². The third kappa shape index (κ3) is 3.29. The molecule has 1 aromatic heterocycles. The van der Waals surface area contributed by atoms with Crippen molar-refractivity contribution in [2.75, 3.05) is 6.54 Å². The minimum atomic E-state index is -4.65. The standard InChI is InChI=1S/C16H16F3N3O/c1-10-4-2-3-5-11(10)8-22-7-6-12-13(9-22)20-15(16(17,18)19)21-14(12)23/h2-5H,6-9H2,1H3,(H,20,21,23). The number of aromatic nitrogens is 2. The van der Waals surface area contributed by atoms with Crippen molar-refractivity contribution in [2.45, 2.75) is 32.6 Å². The minimum Gasteiger partial charge on any atom is -0.303 e. The first-order chi connectivity index (χ1) is 10.8. The first kappa shape index (κ1) is 15.7. The van der Waals surface area contributed by atoms with Gasteiger partial charge >= 0.3 is 6.18 Å². The van der Waals surface area contributed by atoms with Crippen molar-refractivity contribution in [1.29, 1.82) is 0 Å². The van der Waals surface area contributed by atoms with Crippen LogP contribution >= 0.6 is 0 Å². The van der Waals surface area contributed by atoms with Crippen LogP contribution in [-0.2, 0) is 25.7 Å². The van der Waals surface area contributed by atoms with Gasteiger partial charge in [-0.25, -0.2) is 4.98 Å². The first-order valence-corrected chi connectivity index (χ1v) is 7.30. The maximum Gasteiger partial charge on any atom is 0.449 e. The summed E-state index contributed by atoms with van der Waals surface area (Å²) in [6.45, 7) is 3.49. The number of hydrogen-bond acceptors (Lipinski definition) is 3. The maximum atomic E-state index is 12.8. The number of nitrogens with zero attached hydrogens (tertiary/aromatic N) is 2. The number of alkyl halides is 3. The van der Waals surface area contributed by atoms with E-state index in [1.54, 1.807) is 0 Å². The minimum absolute atomic E-state index is 0.223. The molecule has 0 bridgehead atoms. The van der Waals surface area contributed by atoms with Crippen molar-refractivity contribution in [3.8, 4) is 0 Å². The third-order valence-corrected chi connectivity index (χ3v) is 4.08. The Bertz CT molecular complexity index is 783. The molecule has 4 nitrogen and oxygen atoms in total. The molecule has 122 valence electrons. The number of hydrogen-bond donors (Lipinski definition) is 1. The van der Waals surface area contributed by atoms with Crippen LogP contribution in [0.5, 0.6) is 0 Å². The molecule has 1 N–H and O–H groups in total. The molecule has 0 spiro atoms.